The van der Waals surface area contributed by atoms with Gasteiger partial charge in [0, 0.05) is 12.8 Å². The standard InChI is InChI=1S/C66H113NO8/c1-6-8-10-12-14-16-18-20-22-24-25-26-27-28-29-30-31-32-33-34-35-36-37-38-39-41-43-45-47-49-51-53-55-57-64(69)75-62(61-74-66(65(70)71)72-59-58-67(3,4)5)60-73-63(68)56-54-52-50-48-46-44-42-40-23-21-19-17-15-13-11-9-7-2/h8,10,14-17,20-23,25-26,28-29,31-32,62,66H,6-7,9,11-13,18-19,24,27,30,33-61H2,1-5H3/p+1/b10-8-,16-14-,17-15-,22-20-,23-21-,26-25-,29-28-,32-31-. The highest BCUT2D eigenvalue weighted by molar-refractivity contribution is 5.71. The van der Waals surface area contributed by atoms with Crippen LogP contribution in [0.5, 0.6) is 0 Å². The first-order valence-electron chi connectivity index (χ1n) is 30.4. The maximum absolute atomic E-state index is 12.9. The number of ether oxygens (including phenoxy) is 4. The third kappa shape index (κ3) is 57.7. The van der Waals surface area contributed by atoms with Crippen molar-refractivity contribution >= 4 is 17.9 Å². The van der Waals surface area contributed by atoms with E-state index in [2.05, 4.69) is 111 Å². The summed E-state index contributed by atoms with van der Waals surface area (Å²) >= 11 is 0. The van der Waals surface area contributed by atoms with Crippen molar-refractivity contribution < 1.29 is 42.9 Å². The molecule has 0 aliphatic heterocycles. The fourth-order valence-electron chi connectivity index (χ4n) is 8.16. The van der Waals surface area contributed by atoms with Crippen LogP contribution in [0.1, 0.15) is 245 Å². The fraction of sp³-hybridized carbons (Fsp3) is 0.712. The molecule has 0 rings (SSSR count). The van der Waals surface area contributed by atoms with Crippen molar-refractivity contribution in [1.29, 1.82) is 0 Å². The van der Waals surface area contributed by atoms with E-state index < -0.39 is 24.3 Å². The van der Waals surface area contributed by atoms with Crippen molar-refractivity contribution in [2.24, 2.45) is 0 Å². The third-order valence-electron chi connectivity index (χ3n) is 12.8. The molecule has 0 aromatic carbocycles. The van der Waals surface area contributed by atoms with E-state index in [1.807, 2.05) is 21.1 Å². The van der Waals surface area contributed by atoms with Gasteiger partial charge in [-0.2, -0.15) is 0 Å². The highest BCUT2D eigenvalue weighted by Gasteiger charge is 2.25. The first-order valence-corrected chi connectivity index (χ1v) is 30.4. The molecule has 2 atom stereocenters. The van der Waals surface area contributed by atoms with E-state index in [0.29, 0.717) is 23.9 Å². The van der Waals surface area contributed by atoms with Crippen LogP contribution in [0.25, 0.3) is 0 Å². The van der Waals surface area contributed by atoms with Crippen LogP contribution in [0.4, 0.5) is 0 Å². The molecule has 0 amide bonds. The minimum Gasteiger partial charge on any atom is -0.477 e. The Hall–Kier alpha value is -3.79. The largest absolute Gasteiger partial charge is 0.477 e. The van der Waals surface area contributed by atoms with Crippen molar-refractivity contribution in [3.63, 3.8) is 0 Å². The molecule has 0 saturated carbocycles. The molecule has 430 valence electrons. The summed E-state index contributed by atoms with van der Waals surface area (Å²) in [4.78, 5) is 37.4. The maximum atomic E-state index is 12.9. The van der Waals surface area contributed by atoms with Crippen LogP contribution in [0.15, 0.2) is 97.2 Å². The first kappa shape index (κ1) is 71.2. The molecule has 0 aliphatic rings. The van der Waals surface area contributed by atoms with Gasteiger partial charge in [0.2, 0.25) is 0 Å². The van der Waals surface area contributed by atoms with Crippen LogP contribution in [0.2, 0.25) is 0 Å². The minimum absolute atomic E-state index is 0.183. The van der Waals surface area contributed by atoms with Gasteiger partial charge < -0.3 is 28.5 Å². The van der Waals surface area contributed by atoms with E-state index >= 15 is 0 Å². The molecule has 9 nitrogen and oxygen atoms in total. The first-order chi connectivity index (χ1) is 36.6. The Morgan fingerprint density at radius 3 is 1.13 bits per heavy atom. The summed E-state index contributed by atoms with van der Waals surface area (Å²) in [7, 11) is 5.96. The van der Waals surface area contributed by atoms with Gasteiger partial charge in [-0.1, -0.05) is 233 Å². The summed E-state index contributed by atoms with van der Waals surface area (Å²) in [6, 6.07) is 0. The van der Waals surface area contributed by atoms with Crippen molar-refractivity contribution in [3.05, 3.63) is 97.2 Å². The smallest absolute Gasteiger partial charge is 0.361 e. The van der Waals surface area contributed by atoms with E-state index in [1.54, 1.807) is 0 Å². The van der Waals surface area contributed by atoms with E-state index in [-0.39, 0.29) is 32.2 Å². The number of nitrogens with zero attached hydrogens (tertiary/aromatic N) is 1. The Balaban J connectivity index is 4.17. The average Bonchev–Trinajstić information content (AvgIpc) is 3.38. The topological polar surface area (TPSA) is 108 Å². The number of carbonyl (C=O) groups excluding carboxylic acids is 2. The number of hydrogen-bond acceptors (Lipinski definition) is 7. The summed E-state index contributed by atoms with van der Waals surface area (Å²) in [5.74, 6) is -2.02. The normalized spacial score (nSPS) is 13.5. The number of unbranched alkanes of at least 4 members (excludes halogenated alkanes) is 24. The predicted octanol–water partition coefficient (Wildman–Crippen LogP) is 18.1. The van der Waals surface area contributed by atoms with Gasteiger partial charge in [-0.3, -0.25) is 9.59 Å². The highest BCUT2D eigenvalue weighted by atomic mass is 16.7. The average molecular weight is 1050 g/mol. The van der Waals surface area contributed by atoms with E-state index in [9.17, 15) is 19.5 Å². The zero-order valence-electron chi connectivity index (χ0n) is 48.9. The number of carboxylic acid groups (broad SMARTS) is 1. The number of carboxylic acids is 1. The number of carbonyl (C=O) groups is 3. The number of allylic oxidation sites excluding steroid dienone is 16. The van der Waals surface area contributed by atoms with Gasteiger partial charge in [0.15, 0.2) is 6.10 Å². The van der Waals surface area contributed by atoms with Crippen molar-refractivity contribution in [2.75, 3.05) is 47.5 Å². The number of likely N-dealkylation sites (N-methyl/N-ethyl adjacent to an activating group) is 1. The van der Waals surface area contributed by atoms with Gasteiger partial charge in [0.1, 0.15) is 13.2 Å². The lowest BCUT2D eigenvalue weighted by Crippen LogP contribution is -2.40. The number of hydrogen-bond donors (Lipinski definition) is 1. The number of esters is 2. The van der Waals surface area contributed by atoms with Gasteiger partial charge in [-0.15, -0.1) is 0 Å². The van der Waals surface area contributed by atoms with Crippen molar-refractivity contribution in [3.8, 4) is 0 Å². The minimum atomic E-state index is -1.52. The van der Waals surface area contributed by atoms with Crippen LogP contribution in [-0.4, -0.2) is 87.4 Å². The molecule has 0 aromatic heterocycles. The SMILES string of the molecule is CC/C=C\C/C=C\C/C=C\C/C=C\C/C=C\C/C=C\CCCCCCCCCCCCCCCCC(=O)OC(COC(=O)CCCCCCCCC/C=C\C/C=C\CCCCC)COC(OCC[N+](C)(C)C)C(=O)O. The molecular formula is C66H114NO8+. The van der Waals surface area contributed by atoms with Gasteiger partial charge in [0.05, 0.1) is 34.4 Å². The third-order valence-corrected chi connectivity index (χ3v) is 12.8. The van der Waals surface area contributed by atoms with Crippen molar-refractivity contribution in [1.82, 2.24) is 0 Å². The number of aliphatic carboxylic acids is 1. The van der Waals surface area contributed by atoms with E-state index in [1.165, 1.54) is 122 Å². The number of quaternary nitrogens is 1. The molecule has 0 aromatic rings. The molecule has 0 radical (unpaired) electrons. The lowest BCUT2D eigenvalue weighted by Gasteiger charge is -2.25. The van der Waals surface area contributed by atoms with Crippen LogP contribution < -0.4 is 0 Å². The van der Waals surface area contributed by atoms with Crippen molar-refractivity contribution in [2.45, 2.75) is 257 Å². The Bertz CT molecular complexity index is 1550. The Kier molecular flexibility index (Phi) is 53.6. The molecular weight excluding hydrogens is 935 g/mol. The lowest BCUT2D eigenvalue weighted by atomic mass is 10.0. The Morgan fingerprint density at radius 2 is 0.760 bits per heavy atom. The maximum Gasteiger partial charge on any atom is 0.361 e. The van der Waals surface area contributed by atoms with Gasteiger partial charge >= 0.3 is 17.9 Å². The summed E-state index contributed by atoms with van der Waals surface area (Å²) in [6.45, 7) is 4.73. The molecule has 0 fully saturated rings. The summed E-state index contributed by atoms with van der Waals surface area (Å²) in [5, 5.41) is 9.71. The van der Waals surface area contributed by atoms with Crippen LogP contribution in [-0.2, 0) is 33.3 Å². The second kappa shape index (κ2) is 56.4. The molecule has 0 aliphatic carbocycles. The fourth-order valence-corrected chi connectivity index (χ4v) is 8.16. The van der Waals surface area contributed by atoms with Gasteiger partial charge in [0.25, 0.3) is 6.29 Å². The lowest BCUT2D eigenvalue weighted by molar-refractivity contribution is -0.870. The summed E-state index contributed by atoms with van der Waals surface area (Å²) in [6.07, 6.45) is 73.5. The summed E-state index contributed by atoms with van der Waals surface area (Å²) < 4.78 is 22.9. The van der Waals surface area contributed by atoms with E-state index in [4.69, 9.17) is 18.9 Å². The Morgan fingerprint density at radius 1 is 0.413 bits per heavy atom. The molecule has 2 unspecified atom stereocenters. The molecule has 1 N–H and O–H groups in total. The van der Waals surface area contributed by atoms with Crippen LogP contribution in [0, 0.1) is 0 Å². The monoisotopic (exact) mass is 1050 g/mol. The van der Waals surface area contributed by atoms with Crippen LogP contribution >= 0.6 is 0 Å². The molecule has 0 heterocycles. The van der Waals surface area contributed by atoms with E-state index in [0.717, 1.165) is 89.9 Å². The Labute approximate surface area is 461 Å². The highest BCUT2D eigenvalue weighted by Crippen LogP contribution is 2.16. The molecule has 0 saturated heterocycles. The molecule has 0 spiro atoms. The molecule has 75 heavy (non-hydrogen) atoms. The zero-order valence-corrected chi connectivity index (χ0v) is 48.9. The number of rotatable bonds is 55. The van der Waals surface area contributed by atoms with Gasteiger partial charge in [-0.25, -0.2) is 4.79 Å². The molecule has 0 bridgehead atoms. The quantitative estimate of drug-likeness (QED) is 0.0211. The van der Waals surface area contributed by atoms with Gasteiger partial charge in [-0.05, 0) is 96.3 Å². The molecule has 9 heteroatoms. The summed E-state index contributed by atoms with van der Waals surface area (Å²) in [5.41, 5.74) is 0. The zero-order chi connectivity index (χ0) is 54.8. The second-order valence-corrected chi connectivity index (χ2v) is 21.3. The van der Waals surface area contributed by atoms with Crippen LogP contribution in [0.3, 0.4) is 0 Å². The predicted molar refractivity (Wildman–Crippen MR) is 318 cm³/mol. The second-order valence-electron chi connectivity index (χ2n) is 21.3.